The third-order valence-electron chi connectivity index (χ3n) is 4.01. The van der Waals surface area contributed by atoms with E-state index in [9.17, 15) is 14.0 Å². The Bertz CT molecular complexity index is 825. The third-order valence-corrected chi connectivity index (χ3v) is 4.01. The summed E-state index contributed by atoms with van der Waals surface area (Å²) in [6, 6.07) is 11.0. The van der Waals surface area contributed by atoms with Crippen molar-refractivity contribution in [3.63, 3.8) is 0 Å². The topological polar surface area (TPSA) is 67.9 Å². The first-order valence-electron chi connectivity index (χ1n) is 8.21. The van der Waals surface area contributed by atoms with Gasteiger partial charge in [0.15, 0.2) is 11.5 Å². The lowest BCUT2D eigenvalue weighted by Gasteiger charge is -2.21. The van der Waals surface area contributed by atoms with Gasteiger partial charge in [-0.1, -0.05) is 12.1 Å². The van der Waals surface area contributed by atoms with Gasteiger partial charge in [-0.3, -0.25) is 9.59 Å². The number of ether oxygens (including phenoxy) is 2. The first kappa shape index (κ1) is 17.7. The summed E-state index contributed by atoms with van der Waals surface area (Å²) < 4.78 is 23.8. The maximum Gasteiger partial charge on any atom is 0.251 e. The lowest BCUT2D eigenvalue weighted by atomic mass is 10.2. The Morgan fingerprint density at radius 1 is 1.15 bits per heavy atom. The van der Waals surface area contributed by atoms with Crippen molar-refractivity contribution in [2.75, 3.05) is 19.9 Å². The molecule has 0 saturated heterocycles. The van der Waals surface area contributed by atoms with Crippen molar-refractivity contribution >= 4 is 11.8 Å². The van der Waals surface area contributed by atoms with Gasteiger partial charge in [0, 0.05) is 32.1 Å². The summed E-state index contributed by atoms with van der Waals surface area (Å²) in [4.78, 5) is 25.5. The Kier molecular flexibility index (Phi) is 5.36. The molecule has 2 amide bonds. The molecule has 0 aliphatic carbocycles. The van der Waals surface area contributed by atoms with Gasteiger partial charge in [0.2, 0.25) is 12.7 Å². The van der Waals surface area contributed by atoms with E-state index in [-0.39, 0.29) is 30.7 Å². The van der Waals surface area contributed by atoms with Crippen LogP contribution in [0.1, 0.15) is 22.8 Å². The van der Waals surface area contributed by atoms with Gasteiger partial charge in [-0.25, -0.2) is 4.39 Å². The highest BCUT2D eigenvalue weighted by molar-refractivity contribution is 5.94. The molecule has 136 valence electrons. The molecule has 0 atom stereocenters. The van der Waals surface area contributed by atoms with Gasteiger partial charge in [0.25, 0.3) is 5.91 Å². The van der Waals surface area contributed by atoms with E-state index in [0.29, 0.717) is 24.6 Å². The molecule has 0 fully saturated rings. The van der Waals surface area contributed by atoms with E-state index in [1.54, 1.807) is 4.90 Å². The van der Waals surface area contributed by atoms with E-state index < -0.39 is 5.82 Å². The zero-order valence-corrected chi connectivity index (χ0v) is 14.3. The van der Waals surface area contributed by atoms with E-state index >= 15 is 0 Å². The van der Waals surface area contributed by atoms with Crippen LogP contribution in [-0.2, 0) is 11.3 Å². The fourth-order valence-electron chi connectivity index (χ4n) is 2.64. The third kappa shape index (κ3) is 4.30. The van der Waals surface area contributed by atoms with Gasteiger partial charge in [-0.2, -0.15) is 0 Å². The first-order chi connectivity index (χ1) is 12.5. The molecule has 1 aliphatic heterocycles. The summed E-state index contributed by atoms with van der Waals surface area (Å²) in [5.41, 5.74) is 1.15. The minimum Gasteiger partial charge on any atom is -0.454 e. The molecule has 0 unspecified atom stereocenters. The largest absolute Gasteiger partial charge is 0.454 e. The molecule has 0 saturated carbocycles. The second kappa shape index (κ2) is 7.86. The lowest BCUT2D eigenvalue weighted by Crippen LogP contribution is -2.37. The minimum absolute atomic E-state index is 0.109. The van der Waals surface area contributed by atoms with Crippen LogP contribution in [0, 0.1) is 5.82 Å². The van der Waals surface area contributed by atoms with Crippen LogP contribution in [0.15, 0.2) is 42.5 Å². The Labute approximate surface area is 150 Å². The number of amides is 2. The normalized spacial score (nSPS) is 11.9. The predicted molar refractivity (Wildman–Crippen MR) is 92.4 cm³/mol. The van der Waals surface area contributed by atoms with E-state index in [4.69, 9.17) is 9.47 Å². The standard InChI is InChI=1S/C19H19FN2O4/c1-13(23)22(11-14-5-6-17-18(9-14)26-12-25-17)8-7-21-19(24)15-3-2-4-16(20)10-15/h2-6,9-10H,7-8,11-12H2,1H3,(H,21,24). The van der Waals surface area contributed by atoms with Crippen LogP contribution < -0.4 is 14.8 Å². The monoisotopic (exact) mass is 358 g/mol. The second-order valence-electron chi connectivity index (χ2n) is 5.89. The van der Waals surface area contributed by atoms with Crippen LogP contribution in [-0.4, -0.2) is 36.6 Å². The smallest absolute Gasteiger partial charge is 0.251 e. The van der Waals surface area contributed by atoms with Crippen LogP contribution in [0.5, 0.6) is 11.5 Å². The molecule has 1 N–H and O–H groups in total. The van der Waals surface area contributed by atoms with Crippen molar-refractivity contribution in [3.8, 4) is 11.5 Å². The highest BCUT2D eigenvalue weighted by Gasteiger charge is 2.16. The van der Waals surface area contributed by atoms with Crippen molar-refractivity contribution in [2.24, 2.45) is 0 Å². The zero-order valence-electron chi connectivity index (χ0n) is 14.3. The summed E-state index contributed by atoms with van der Waals surface area (Å²) in [6.45, 7) is 2.66. The average molecular weight is 358 g/mol. The average Bonchev–Trinajstić information content (AvgIpc) is 3.08. The number of nitrogens with one attached hydrogen (secondary N) is 1. The highest BCUT2D eigenvalue weighted by Crippen LogP contribution is 2.32. The van der Waals surface area contributed by atoms with Gasteiger partial charge in [-0.15, -0.1) is 0 Å². The Balaban J connectivity index is 1.55. The summed E-state index contributed by atoms with van der Waals surface area (Å²) in [5, 5.41) is 2.69. The second-order valence-corrected chi connectivity index (χ2v) is 5.89. The maximum absolute atomic E-state index is 13.2. The number of hydrogen-bond donors (Lipinski definition) is 1. The molecule has 1 heterocycles. The molecule has 2 aromatic carbocycles. The number of hydrogen-bond acceptors (Lipinski definition) is 4. The Morgan fingerprint density at radius 3 is 2.73 bits per heavy atom. The van der Waals surface area contributed by atoms with E-state index in [1.807, 2.05) is 18.2 Å². The van der Waals surface area contributed by atoms with Crippen LogP contribution >= 0.6 is 0 Å². The highest BCUT2D eigenvalue weighted by atomic mass is 19.1. The minimum atomic E-state index is -0.467. The lowest BCUT2D eigenvalue weighted by molar-refractivity contribution is -0.129. The molecular formula is C19H19FN2O4. The number of carbonyl (C=O) groups excluding carboxylic acids is 2. The molecular weight excluding hydrogens is 339 g/mol. The fraction of sp³-hybridized carbons (Fsp3) is 0.263. The van der Waals surface area contributed by atoms with Gasteiger partial charge >= 0.3 is 0 Å². The number of rotatable bonds is 6. The fourth-order valence-corrected chi connectivity index (χ4v) is 2.64. The van der Waals surface area contributed by atoms with Gasteiger partial charge in [0.1, 0.15) is 5.82 Å². The van der Waals surface area contributed by atoms with Gasteiger partial charge in [0.05, 0.1) is 0 Å². The van der Waals surface area contributed by atoms with Crippen LogP contribution in [0.2, 0.25) is 0 Å². The zero-order chi connectivity index (χ0) is 18.5. The molecule has 0 bridgehead atoms. The Morgan fingerprint density at radius 2 is 1.96 bits per heavy atom. The first-order valence-corrected chi connectivity index (χ1v) is 8.21. The Hall–Kier alpha value is -3.09. The van der Waals surface area contributed by atoms with Crippen molar-refractivity contribution < 1.29 is 23.5 Å². The number of halogens is 1. The molecule has 0 radical (unpaired) electrons. The summed E-state index contributed by atoms with van der Waals surface area (Å²) >= 11 is 0. The predicted octanol–water partition coefficient (Wildman–Crippen LogP) is 2.33. The van der Waals surface area contributed by atoms with Gasteiger partial charge < -0.3 is 19.7 Å². The van der Waals surface area contributed by atoms with Crippen LogP contribution in [0.4, 0.5) is 4.39 Å². The van der Waals surface area contributed by atoms with E-state index in [2.05, 4.69) is 5.32 Å². The van der Waals surface area contributed by atoms with Crippen LogP contribution in [0.3, 0.4) is 0 Å². The van der Waals surface area contributed by atoms with Crippen molar-refractivity contribution in [1.82, 2.24) is 10.2 Å². The molecule has 1 aliphatic rings. The molecule has 7 heteroatoms. The van der Waals surface area contributed by atoms with Crippen molar-refractivity contribution in [2.45, 2.75) is 13.5 Å². The quantitative estimate of drug-likeness (QED) is 0.861. The van der Waals surface area contributed by atoms with Crippen molar-refractivity contribution in [3.05, 3.63) is 59.4 Å². The maximum atomic E-state index is 13.2. The molecule has 6 nitrogen and oxygen atoms in total. The van der Waals surface area contributed by atoms with E-state index in [0.717, 1.165) is 5.56 Å². The molecule has 0 aromatic heterocycles. The molecule has 26 heavy (non-hydrogen) atoms. The number of carbonyl (C=O) groups is 2. The number of fused-ring (bicyclic) bond motifs is 1. The molecule has 0 spiro atoms. The summed E-state index contributed by atoms with van der Waals surface area (Å²) in [6.07, 6.45) is 0. The summed E-state index contributed by atoms with van der Waals surface area (Å²) in [7, 11) is 0. The van der Waals surface area contributed by atoms with Crippen molar-refractivity contribution in [1.29, 1.82) is 0 Å². The van der Waals surface area contributed by atoms with Gasteiger partial charge in [-0.05, 0) is 35.9 Å². The van der Waals surface area contributed by atoms with Crippen LogP contribution in [0.25, 0.3) is 0 Å². The number of benzene rings is 2. The molecule has 3 rings (SSSR count). The molecule has 2 aromatic rings. The summed E-state index contributed by atoms with van der Waals surface area (Å²) in [5.74, 6) is 0.389. The van der Waals surface area contributed by atoms with E-state index in [1.165, 1.54) is 31.2 Å². The SMILES string of the molecule is CC(=O)N(CCNC(=O)c1cccc(F)c1)Cc1ccc2c(c1)OCO2. The number of nitrogens with zero attached hydrogens (tertiary/aromatic N) is 1.